The topological polar surface area (TPSA) is 97.8 Å². The Morgan fingerprint density at radius 2 is 2.00 bits per heavy atom. The average Bonchev–Trinajstić information content (AvgIpc) is 2.45. The van der Waals surface area contributed by atoms with Crippen molar-refractivity contribution >= 4 is 5.84 Å². The van der Waals surface area contributed by atoms with Crippen molar-refractivity contribution in [1.82, 2.24) is 15.0 Å². The van der Waals surface area contributed by atoms with E-state index in [0.29, 0.717) is 12.3 Å². The molecule has 0 atom stereocenters. The van der Waals surface area contributed by atoms with Gasteiger partial charge in [-0.25, -0.2) is 4.98 Å². The predicted molar refractivity (Wildman–Crippen MR) is 71.1 cm³/mol. The van der Waals surface area contributed by atoms with Gasteiger partial charge < -0.3 is 10.5 Å². The Labute approximate surface area is 111 Å². The number of nitrogens with two attached hydrogens (primary N) is 1. The molecule has 0 fully saturated rings. The molecule has 19 heavy (non-hydrogen) atoms. The summed E-state index contributed by atoms with van der Waals surface area (Å²) in [6.07, 6.45) is 6.85. The van der Waals surface area contributed by atoms with Gasteiger partial charge in [0.2, 0.25) is 0 Å². The van der Waals surface area contributed by atoms with E-state index in [1.165, 1.54) is 11.8 Å². The summed E-state index contributed by atoms with van der Waals surface area (Å²) in [6.45, 7) is 0.518. The highest BCUT2D eigenvalue weighted by molar-refractivity contribution is 5.92. The number of aryl methyl sites for hydroxylation is 1. The Bertz CT molecular complexity index is 544. The predicted octanol–water partition coefficient (Wildman–Crippen LogP) is 1.17. The zero-order valence-corrected chi connectivity index (χ0v) is 10.4. The molecule has 0 radical (unpaired) electrons. The fourth-order valence-electron chi connectivity index (χ4n) is 1.55. The number of hydrogen-bond donors (Lipinski definition) is 2. The second-order valence-corrected chi connectivity index (χ2v) is 3.95. The molecule has 0 aliphatic heterocycles. The van der Waals surface area contributed by atoms with Gasteiger partial charge in [-0.3, -0.25) is 10.4 Å². The van der Waals surface area contributed by atoms with Crippen molar-refractivity contribution in [2.24, 2.45) is 5.73 Å². The minimum atomic E-state index is -0.0935. The fourth-order valence-corrected chi connectivity index (χ4v) is 1.55. The van der Waals surface area contributed by atoms with Crippen molar-refractivity contribution in [1.29, 1.82) is 5.41 Å². The van der Waals surface area contributed by atoms with Crippen LogP contribution < -0.4 is 10.5 Å². The third kappa shape index (κ3) is 4.02. The van der Waals surface area contributed by atoms with Gasteiger partial charge in [0, 0.05) is 18.6 Å². The Kier molecular flexibility index (Phi) is 4.39. The molecule has 2 heterocycles. The third-order valence-corrected chi connectivity index (χ3v) is 2.50. The Hall–Kier alpha value is -2.50. The van der Waals surface area contributed by atoms with Gasteiger partial charge in [0.05, 0.1) is 6.61 Å². The lowest BCUT2D eigenvalue weighted by atomic mass is 10.1. The fraction of sp³-hybridized carbons (Fsp3) is 0.231. The molecule has 6 heteroatoms. The lowest BCUT2D eigenvalue weighted by Crippen LogP contribution is -2.14. The lowest BCUT2D eigenvalue weighted by molar-refractivity contribution is 0.286. The summed E-state index contributed by atoms with van der Waals surface area (Å²) in [7, 11) is 0. The summed E-state index contributed by atoms with van der Waals surface area (Å²) in [5.74, 6) is -0.0935. The Morgan fingerprint density at radius 1 is 1.21 bits per heavy atom. The molecule has 0 saturated carbocycles. The number of pyridine rings is 1. The molecule has 2 aromatic heterocycles. The largest absolute Gasteiger partial charge is 0.463 e. The Morgan fingerprint density at radius 3 is 2.74 bits per heavy atom. The van der Waals surface area contributed by atoms with Crippen molar-refractivity contribution in [2.75, 3.05) is 6.61 Å². The number of ether oxygens (including phenoxy) is 1. The molecule has 0 unspecified atom stereocenters. The van der Waals surface area contributed by atoms with Crippen LogP contribution in [-0.2, 0) is 6.42 Å². The number of nitrogen functional groups attached to an aromatic ring is 1. The van der Waals surface area contributed by atoms with Crippen molar-refractivity contribution in [3.63, 3.8) is 0 Å². The molecular weight excluding hydrogens is 242 g/mol. The molecule has 0 aromatic carbocycles. The second-order valence-electron chi connectivity index (χ2n) is 3.95. The maximum atomic E-state index is 7.28. The number of nitrogens with zero attached hydrogens (tertiary/aromatic N) is 3. The van der Waals surface area contributed by atoms with Crippen molar-refractivity contribution < 1.29 is 4.74 Å². The van der Waals surface area contributed by atoms with E-state index in [-0.39, 0.29) is 11.8 Å². The average molecular weight is 257 g/mol. The number of aromatic nitrogens is 3. The first-order chi connectivity index (χ1) is 9.25. The molecule has 0 amide bonds. The van der Waals surface area contributed by atoms with Gasteiger partial charge in [-0.1, -0.05) is 0 Å². The minimum Gasteiger partial charge on any atom is -0.463 e. The molecule has 2 rings (SSSR count). The molecule has 2 aromatic rings. The molecule has 0 spiro atoms. The van der Waals surface area contributed by atoms with E-state index < -0.39 is 0 Å². The van der Waals surface area contributed by atoms with Crippen LogP contribution in [0.2, 0.25) is 0 Å². The first kappa shape index (κ1) is 12.9. The van der Waals surface area contributed by atoms with Crippen LogP contribution in [0.25, 0.3) is 0 Å². The maximum Gasteiger partial charge on any atom is 0.316 e. The standard InChI is InChI=1S/C13H15N5O/c14-12(15)11-5-8-17-13(18-11)19-9-1-2-10-3-6-16-7-4-10/h3-8H,1-2,9H2,(H3,14,15). The first-order valence-electron chi connectivity index (χ1n) is 5.95. The van der Waals surface area contributed by atoms with Crippen molar-refractivity contribution in [3.05, 3.63) is 48.0 Å². The van der Waals surface area contributed by atoms with Gasteiger partial charge in [0.1, 0.15) is 11.5 Å². The summed E-state index contributed by atoms with van der Waals surface area (Å²) >= 11 is 0. The molecule has 98 valence electrons. The van der Waals surface area contributed by atoms with Gasteiger partial charge in [0.15, 0.2) is 0 Å². The number of amidine groups is 1. The van der Waals surface area contributed by atoms with Crippen LogP contribution in [0, 0.1) is 5.41 Å². The van der Waals surface area contributed by atoms with Crippen LogP contribution in [0.5, 0.6) is 6.01 Å². The molecule has 0 saturated heterocycles. The highest BCUT2D eigenvalue weighted by atomic mass is 16.5. The van der Waals surface area contributed by atoms with Crippen LogP contribution in [0.1, 0.15) is 17.7 Å². The number of nitrogens with one attached hydrogen (secondary N) is 1. The molecule has 6 nitrogen and oxygen atoms in total. The summed E-state index contributed by atoms with van der Waals surface area (Å²) in [5, 5.41) is 7.28. The SMILES string of the molecule is N=C(N)c1ccnc(OCCCc2ccncc2)n1. The van der Waals surface area contributed by atoms with Gasteiger partial charge in [0.25, 0.3) is 0 Å². The monoisotopic (exact) mass is 257 g/mol. The molecule has 3 N–H and O–H groups in total. The summed E-state index contributed by atoms with van der Waals surface area (Å²) < 4.78 is 5.43. The van der Waals surface area contributed by atoms with E-state index in [4.69, 9.17) is 15.9 Å². The first-order valence-corrected chi connectivity index (χ1v) is 5.95. The summed E-state index contributed by atoms with van der Waals surface area (Å²) in [6, 6.07) is 5.79. The highest BCUT2D eigenvalue weighted by Gasteiger charge is 2.02. The van der Waals surface area contributed by atoms with Gasteiger partial charge in [-0.15, -0.1) is 0 Å². The third-order valence-electron chi connectivity index (χ3n) is 2.50. The molecular formula is C13H15N5O. The quantitative estimate of drug-likeness (QED) is 0.460. The highest BCUT2D eigenvalue weighted by Crippen LogP contribution is 2.05. The van der Waals surface area contributed by atoms with E-state index in [2.05, 4.69) is 15.0 Å². The van der Waals surface area contributed by atoms with Crippen LogP contribution in [-0.4, -0.2) is 27.4 Å². The van der Waals surface area contributed by atoms with Crippen LogP contribution in [0.4, 0.5) is 0 Å². The van der Waals surface area contributed by atoms with E-state index in [1.54, 1.807) is 18.5 Å². The smallest absolute Gasteiger partial charge is 0.316 e. The van der Waals surface area contributed by atoms with E-state index >= 15 is 0 Å². The van der Waals surface area contributed by atoms with Crippen molar-refractivity contribution in [3.8, 4) is 6.01 Å². The zero-order chi connectivity index (χ0) is 13.5. The van der Waals surface area contributed by atoms with Crippen LogP contribution >= 0.6 is 0 Å². The maximum absolute atomic E-state index is 7.28. The van der Waals surface area contributed by atoms with Gasteiger partial charge in [-0.2, -0.15) is 4.98 Å². The van der Waals surface area contributed by atoms with Gasteiger partial charge >= 0.3 is 6.01 Å². The van der Waals surface area contributed by atoms with E-state index in [9.17, 15) is 0 Å². The summed E-state index contributed by atoms with van der Waals surface area (Å²) in [4.78, 5) is 12.0. The van der Waals surface area contributed by atoms with Gasteiger partial charge in [-0.05, 0) is 36.6 Å². The minimum absolute atomic E-state index is 0.0935. The molecule has 0 bridgehead atoms. The second kappa shape index (κ2) is 6.44. The number of rotatable bonds is 6. The van der Waals surface area contributed by atoms with Crippen LogP contribution in [0.15, 0.2) is 36.8 Å². The summed E-state index contributed by atoms with van der Waals surface area (Å²) in [5.41, 5.74) is 6.94. The normalized spacial score (nSPS) is 10.1. The lowest BCUT2D eigenvalue weighted by Gasteiger charge is -2.05. The van der Waals surface area contributed by atoms with Crippen LogP contribution in [0.3, 0.4) is 0 Å². The zero-order valence-electron chi connectivity index (χ0n) is 10.4. The van der Waals surface area contributed by atoms with E-state index in [1.807, 2.05) is 12.1 Å². The Balaban J connectivity index is 1.80. The van der Waals surface area contributed by atoms with Crippen molar-refractivity contribution in [2.45, 2.75) is 12.8 Å². The molecule has 0 aliphatic carbocycles. The number of hydrogen-bond acceptors (Lipinski definition) is 5. The van der Waals surface area contributed by atoms with E-state index in [0.717, 1.165) is 12.8 Å². The molecule has 0 aliphatic rings.